The van der Waals surface area contributed by atoms with Crippen LogP contribution in [0.2, 0.25) is 0 Å². The Labute approximate surface area is 160 Å². The third-order valence-electron chi connectivity index (χ3n) is 4.51. The van der Waals surface area contributed by atoms with E-state index in [1.165, 1.54) is 0 Å². The molecule has 1 N–H and O–H groups in total. The van der Waals surface area contributed by atoms with Crippen molar-refractivity contribution in [2.75, 3.05) is 7.11 Å². The normalized spacial score (nSPS) is 14.8. The maximum atomic E-state index is 12.6. The number of hydrogen-bond acceptors (Lipinski definition) is 5. The number of hydrogen-bond donors (Lipinski definition) is 1. The molecule has 2 heterocycles. The van der Waals surface area contributed by atoms with E-state index in [1.54, 1.807) is 29.8 Å². The molecule has 1 aliphatic carbocycles. The van der Waals surface area contributed by atoms with Gasteiger partial charge in [-0.1, -0.05) is 18.2 Å². The van der Waals surface area contributed by atoms with E-state index in [-0.39, 0.29) is 11.9 Å². The number of methoxy groups -OCH3 is 1. The fourth-order valence-electron chi connectivity index (χ4n) is 3.00. The first-order valence-corrected chi connectivity index (χ1v) is 10.4. The Morgan fingerprint density at radius 1 is 1.27 bits per heavy atom. The van der Waals surface area contributed by atoms with Crippen molar-refractivity contribution < 1.29 is 9.53 Å². The second-order valence-electron chi connectivity index (χ2n) is 6.45. The molecule has 4 nitrogen and oxygen atoms in total. The third-order valence-corrected chi connectivity index (χ3v) is 6.44. The van der Waals surface area contributed by atoms with E-state index in [2.05, 4.69) is 16.4 Å². The van der Waals surface area contributed by atoms with Gasteiger partial charge in [-0.2, -0.15) is 0 Å². The smallest absolute Gasteiger partial charge is 0.226 e. The summed E-state index contributed by atoms with van der Waals surface area (Å²) in [6, 6.07) is 12.1. The lowest BCUT2D eigenvalue weighted by atomic mass is 10.0. The lowest BCUT2D eigenvalue weighted by molar-refractivity contribution is -0.121. The van der Waals surface area contributed by atoms with Crippen molar-refractivity contribution in [2.45, 2.75) is 25.3 Å². The molecule has 0 spiro atoms. The zero-order valence-electron chi connectivity index (χ0n) is 14.5. The van der Waals surface area contributed by atoms with Gasteiger partial charge in [0, 0.05) is 5.38 Å². The molecule has 4 rings (SSSR count). The molecule has 1 aromatic carbocycles. The molecule has 134 valence electrons. The average Bonchev–Trinajstić information content (AvgIpc) is 3.15. The highest BCUT2D eigenvalue weighted by molar-refractivity contribution is 7.20. The predicted molar refractivity (Wildman–Crippen MR) is 106 cm³/mol. The van der Waals surface area contributed by atoms with Crippen LogP contribution in [0.15, 0.2) is 47.2 Å². The molecule has 3 aromatic rings. The van der Waals surface area contributed by atoms with Crippen LogP contribution in [0.25, 0.3) is 9.88 Å². The van der Waals surface area contributed by atoms with Gasteiger partial charge in [0.15, 0.2) is 0 Å². The lowest BCUT2D eigenvalue weighted by Crippen LogP contribution is -2.31. The highest BCUT2D eigenvalue weighted by Crippen LogP contribution is 2.41. The number of aromatic nitrogens is 1. The van der Waals surface area contributed by atoms with E-state index in [4.69, 9.17) is 4.74 Å². The van der Waals surface area contributed by atoms with Crippen LogP contribution in [0.1, 0.15) is 30.1 Å². The lowest BCUT2D eigenvalue weighted by Gasteiger charge is -2.19. The number of ether oxygens (including phenoxy) is 1. The maximum absolute atomic E-state index is 12.6. The van der Waals surface area contributed by atoms with Gasteiger partial charge >= 0.3 is 0 Å². The first-order chi connectivity index (χ1) is 12.7. The Morgan fingerprint density at radius 2 is 2.08 bits per heavy atom. The Hall–Kier alpha value is -2.18. The topological polar surface area (TPSA) is 51.2 Å². The Kier molecular flexibility index (Phi) is 5.04. The second kappa shape index (κ2) is 7.60. The van der Waals surface area contributed by atoms with Crippen molar-refractivity contribution in [1.29, 1.82) is 0 Å². The minimum atomic E-state index is 0.0285. The minimum absolute atomic E-state index is 0.0285. The fourth-order valence-corrected chi connectivity index (χ4v) is 4.64. The second-order valence-corrected chi connectivity index (χ2v) is 8.26. The van der Waals surface area contributed by atoms with E-state index < -0.39 is 0 Å². The van der Waals surface area contributed by atoms with Gasteiger partial charge < -0.3 is 10.1 Å². The van der Waals surface area contributed by atoms with Crippen LogP contribution in [-0.2, 0) is 11.2 Å². The van der Waals surface area contributed by atoms with Gasteiger partial charge in [-0.3, -0.25) is 4.79 Å². The summed E-state index contributed by atoms with van der Waals surface area (Å²) in [4.78, 5) is 18.3. The monoisotopic (exact) mass is 384 g/mol. The van der Waals surface area contributed by atoms with Crippen molar-refractivity contribution >= 4 is 28.6 Å². The molecule has 1 atom stereocenters. The van der Waals surface area contributed by atoms with Gasteiger partial charge in [-0.15, -0.1) is 22.7 Å². The SMILES string of the molecule is COc1ccc(C(NC(=O)Cc2csc(-c3cccs3)n2)C2CC2)cc1. The highest BCUT2D eigenvalue weighted by Gasteiger charge is 2.33. The molecule has 0 bridgehead atoms. The number of nitrogens with one attached hydrogen (secondary N) is 1. The fraction of sp³-hybridized carbons (Fsp3) is 0.300. The van der Waals surface area contributed by atoms with E-state index in [0.717, 1.165) is 39.7 Å². The van der Waals surface area contributed by atoms with Crippen LogP contribution in [-0.4, -0.2) is 18.0 Å². The third kappa shape index (κ3) is 3.97. The van der Waals surface area contributed by atoms with Gasteiger partial charge in [-0.25, -0.2) is 4.98 Å². The van der Waals surface area contributed by atoms with E-state index in [9.17, 15) is 4.79 Å². The van der Waals surface area contributed by atoms with E-state index in [0.29, 0.717) is 12.3 Å². The molecule has 2 aromatic heterocycles. The Morgan fingerprint density at radius 3 is 2.73 bits per heavy atom. The number of amides is 1. The number of thiazole rings is 1. The average molecular weight is 385 g/mol. The molecular formula is C20H20N2O2S2. The maximum Gasteiger partial charge on any atom is 0.226 e. The first-order valence-electron chi connectivity index (χ1n) is 8.64. The molecule has 26 heavy (non-hydrogen) atoms. The summed E-state index contributed by atoms with van der Waals surface area (Å²) in [7, 11) is 1.66. The summed E-state index contributed by atoms with van der Waals surface area (Å²) in [5.74, 6) is 1.39. The number of rotatable bonds is 7. The number of carbonyl (C=O) groups excluding carboxylic acids is 1. The van der Waals surface area contributed by atoms with Crippen LogP contribution < -0.4 is 10.1 Å². The van der Waals surface area contributed by atoms with Crippen LogP contribution in [0, 0.1) is 5.92 Å². The van der Waals surface area contributed by atoms with Crippen molar-refractivity contribution in [3.8, 4) is 15.6 Å². The first kappa shape index (κ1) is 17.2. The van der Waals surface area contributed by atoms with Gasteiger partial charge in [0.05, 0.1) is 30.1 Å². The molecular weight excluding hydrogens is 364 g/mol. The number of benzene rings is 1. The summed E-state index contributed by atoms with van der Waals surface area (Å²) >= 11 is 3.26. The molecule has 1 fully saturated rings. The summed E-state index contributed by atoms with van der Waals surface area (Å²) < 4.78 is 5.22. The van der Waals surface area contributed by atoms with Crippen LogP contribution in [0.4, 0.5) is 0 Å². The summed E-state index contributed by atoms with van der Waals surface area (Å²) in [6.07, 6.45) is 2.65. The molecule has 1 aliphatic rings. The van der Waals surface area contributed by atoms with Crippen LogP contribution in [0.5, 0.6) is 5.75 Å². The van der Waals surface area contributed by atoms with Gasteiger partial charge in [0.25, 0.3) is 0 Å². The molecule has 0 saturated heterocycles. The predicted octanol–water partition coefficient (Wildman–Crippen LogP) is 4.69. The molecule has 1 saturated carbocycles. The van der Waals surface area contributed by atoms with Gasteiger partial charge in [0.1, 0.15) is 10.8 Å². The molecule has 0 aliphatic heterocycles. The zero-order chi connectivity index (χ0) is 17.9. The summed E-state index contributed by atoms with van der Waals surface area (Å²) in [6.45, 7) is 0. The number of nitrogens with zero attached hydrogens (tertiary/aromatic N) is 1. The Bertz CT molecular complexity index is 868. The van der Waals surface area contributed by atoms with Crippen LogP contribution >= 0.6 is 22.7 Å². The standard InChI is InChI=1S/C20H20N2O2S2/c1-24-16-8-6-14(7-9-16)19(13-4-5-13)22-18(23)11-15-12-26-20(21-15)17-3-2-10-25-17/h2-3,6-10,12-13,19H,4-5,11H2,1H3,(H,22,23). The molecule has 6 heteroatoms. The van der Waals surface area contributed by atoms with Crippen molar-refractivity contribution in [3.05, 3.63) is 58.4 Å². The molecule has 0 radical (unpaired) electrons. The van der Waals surface area contributed by atoms with E-state index in [1.807, 2.05) is 41.1 Å². The van der Waals surface area contributed by atoms with Gasteiger partial charge in [0.2, 0.25) is 5.91 Å². The number of thiophene rings is 1. The molecule has 1 amide bonds. The zero-order valence-corrected chi connectivity index (χ0v) is 16.1. The van der Waals surface area contributed by atoms with Crippen LogP contribution in [0.3, 0.4) is 0 Å². The van der Waals surface area contributed by atoms with Gasteiger partial charge in [-0.05, 0) is 47.9 Å². The van der Waals surface area contributed by atoms with E-state index >= 15 is 0 Å². The molecule has 1 unspecified atom stereocenters. The van der Waals surface area contributed by atoms with Crippen molar-refractivity contribution in [2.24, 2.45) is 5.92 Å². The summed E-state index contributed by atoms with van der Waals surface area (Å²) in [5, 5.41) is 8.22. The van der Waals surface area contributed by atoms with Crippen molar-refractivity contribution in [1.82, 2.24) is 10.3 Å². The summed E-state index contributed by atoms with van der Waals surface area (Å²) in [5.41, 5.74) is 1.97. The largest absolute Gasteiger partial charge is 0.497 e. The number of carbonyl (C=O) groups is 1. The van der Waals surface area contributed by atoms with Crippen molar-refractivity contribution in [3.63, 3.8) is 0 Å². The minimum Gasteiger partial charge on any atom is -0.497 e. The Balaban J connectivity index is 1.42. The highest BCUT2D eigenvalue weighted by atomic mass is 32.1. The quantitative estimate of drug-likeness (QED) is 0.643.